The number of aryl methyl sites for hydroxylation is 1. The van der Waals surface area contributed by atoms with Crippen molar-refractivity contribution in [2.45, 2.75) is 20.3 Å². The predicted molar refractivity (Wildman–Crippen MR) is 70.8 cm³/mol. The van der Waals surface area contributed by atoms with Crippen molar-refractivity contribution in [1.29, 1.82) is 0 Å². The van der Waals surface area contributed by atoms with Crippen molar-refractivity contribution in [2.75, 3.05) is 13.2 Å². The number of nitrogens with zero attached hydrogens (tertiary/aromatic N) is 2. The Labute approximate surface area is 109 Å². The van der Waals surface area contributed by atoms with Crippen molar-refractivity contribution in [1.82, 2.24) is 14.7 Å². The van der Waals surface area contributed by atoms with Gasteiger partial charge in [-0.2, -0.15) is 0 Å². The van der Waals surface area contributed by atoms with Crippen LogP contribution in [0.15, 0.2) is 11.6 Å². The van der Waals surface area contributed by atoms with Gasteiger partial charge in [0.15, 0.2) is 4.96 Å². The fourth-order valence-corrected chi connectivity index (χ4v) is 2.57. The Bertz CT molecular complexity index is 547. The van der Waals surface area contributed by atoms with E-state index in [0.29, 0.717) is 13.0 Å². The molecule has 0 saturated heterocycles. The molecule has 0 radical (unpaired) electrons. The number of carbonyl (C=O) groups is 1. The van der Waals surface area contributed by atoms with Crippen molar-refractivity contribution in [2.24, 2.45) is 5.92 Å². The quantitative estimate of drug-likeness (QED) is 0.849. The van der Waals surface area contributed by atoms with E-state index in [9.17, 15) is 4.79 Å². The van der Waals surface area contributed by atoms with Gasteiger partial charge in [0.25, 0.3) is 0 Å². The zero-order valence-corrected chi connectivity index (χ0v) is 11.3. The van der Waals surface area contributed by atoms with Gasteiger partial charge in [0, 0.05) is 30.4 Å². The number of amides is 1. The van der Waals surface area contributed by atoms with E-state index in [-0.39, 0.29) is 18.4 Å². The lowest BCUT2D eigenvalue weighted by Crippen LogP contribution is -2.30. The molecule has 0 aliphatic rings. The van der Waals surface area contributed by atoms with Crippen LogP contribution in [-0.2, 0) is 11.2 Å². The first-order chi connectivity index (χ1) is 8.60. The summed E-state index contributed by atoms with van der Waals surface area (Å²) < 4.78 is 1.95. The van der Waals surface area contributed by atoms with Crippen molar-refractivity contribution < 1.29 is 9.90 Å². The smallest absolute Gasteiger partial charge is 0.225 e. The summed E-state index contributed by atoms with van der Waals surface area (Å²) in [6, 6.07) is 0. The normalized spacial score (nSPS) is 12.8. The molecule has 0 fully saturated rings. The second-order valence-corrected chi connectivity index (χ2v) is 5.37. The molecule has 0 bridgehead atoms. The van der Waals surface area contributed by atoms with Crippen LogP contribution in [0.2, 0.25) is 0 Å². The molecule has 1 atom stereocenters. The highest BCUT2D eigenvalue weighted by Gasteiger charge is 2.11. The minimum atomic E-state index is -0.0265. The number of carbonyl (C=O) groups excluding carboxylic acids is 1. The molecule has 2 N–H and O–H groups in total. The topological polar surface area (TPSA) is 66.6 Å². The third-order valence-corrected chi connectivity index (χ3v) is 3.59. The van der Waals surface area contributed by atoms with Crippen molar-refractivity contribution in [3.05, 3.63) is 23.0 Å². The first kappa shape index (κ1) is 13.0. The molecule has 0 aliphatic heterocycles. The van der Waals surface area contributed by atoms with Crippen LogP contribution in [0.5, 0.6) is 0 Å². The Morgan fingerprint density at radius 3 is 3.17 bits per heavy atom. The minimum Gasteiger partial charge on any atom is -0.396 e. The van der Waals surface area contributed by atoms with Crippen LogP contribution in [0.1, 0.15) is 18.3 Å². The van der Waals surface area contributed by atoms with Crippen LogP contribution in [0.25, 0.3) is 4.96 Å². The molecule has 0 aliphatic carbocycles. The van der Waals surface area contributed by atoms with E-state index < -0.39 is 0 Å². The Hall–Kier alpha value is -1.40. The summed E-state index contributed by atoms with van der Waals surface area (Å²) in [5.41, 5.74) is 1.90. The molecule has 2 heterocycles. The van der Waals surface area contributed by atoms with E-state index in [0.717, 1.165) is 16.3 Å². The fraction of sp³-hybridized carbons (Fsp3) is 0.500. The average molecular weight is 267 g/mol. The molecule has 1 amide bonds. The van der Waals surface area contributed by atoms with Crippen LogP contribution in [-0.4, -0.2) is 33.6 Å². The Morgan fingerprint density at radius 2 is 2.44 bits per heavy atom. The molecule has 0 saturated carbocycles. The number of aromatic nitrogens is 2. The lowest BCUT2D eigenvalue weighted by Gasteiger charge is -2.09. The first-order valence-electron chi connectivity index (χ1n) is 5.89. The number of hydrogen-bond donors (Lipinski definition) is 2. The largest absolute Gasteiger partial charge is 0.396 e. The highest BCUT2D eigenvalue weighted by atomic mass is 32.1. The predicted octanol–water partition coefficient (Wildman–Crippen LogP) is 0.991. The molecular weight excluding hydrogens is 250 g/mol. The first-order valence-corrected chi connectivity index (χ1v) is 6.77. The monoisotopic (exact) mass is 267 g/mol. The van der Waals surface area contributed by atoms with Crippen LogP contribution >= 0.6 is 11.3 Å². The maximum atomic E-state index is 11.8. The lowest BCUT2D eigenvalue weighted by molar-refractivity contribution is -0.120. The molecule has 2 aromatic rings. The molecule has 1 unspecified atom stereocenters. The van der Waals surface area contributed by atoms with E-state index in [1.165, 1.54) is 11.3 Å². The number of aliphatic hydroxyl groups excluding tert-OH is 1. The molecule has 2 aromatic heterocycles. The molecule has 0 aromatic carbocycles. The number of rotatable bonds is 5. The number of imidazole rings is 1. The zero-order chi connectivity index (χ0) is 13.1. The van der Waals surface area contributed by atoms with Crippen LogP contribution < -0.4 is 5.32 Å². The number of aliphatic hydroxyl groups is 1. The van der Waals surface area contributed by atoms with Gasteiger partial charge in [0.05, 0.1) is 12.1 Å². The summed E-state index contributed by atoms with van der Waals surface area (Å²) >= 11 is 1.54. The maximum Gasteiger partial charge on any atom is 0.225 e. The highest BCUT2D eigenvalue weighted by Crippen LogP contribution is 2.16. The Morgan fingerprint density at radius 1 is 1.67 bits per heavy atom. The van der Waals surface area contributed by atoms with E-state index >= 15 is 0 Å². The van der Waals surface area contributed by atoms with Crippen molar-refractivity contribution >= 4 is 22.2 Å². The van der Waals surface area contributed by atoms with Crippen LogP contribution in [0.3, 0.4) is 0 Å². The van der Waals surface area contributed by atoms with Gasteiger partial charge in [-0.3, -0.25) is 9.20 Å². The summed E-state index contributed by atoms with van der Waals surface area (Å²) in [5.74, 6) is 0.0632. The van der Waals surface area contributed by atoms with Crippen LogP contribution in [0.4, 0.5) is 0 Å². The number of nitrogens with one attached hydrogen (secondary N) is 1. The number of fused-ring (bicyclic) bond motifs is 1. The lowest BCUT2D eigenvalue weighted by atomic mass is 10.2. The van der Waals surface area contributed by atoms with E-state index in [2.05, 4.69) is 10.3 Å². The van der Waals surface area contributed by atoms with Gasteiger partial charge in [-0.1, -0.05) is 6.92 Å². The van der Waals surface area contributed by atoms with E-state index in [4.69, 9.17) is 5.11 Å². The SMILES string of the molecule is Cc1cn2c(CC(=O)NCC(C)CO)csc2n1. The van der Waals surface area contributed by atoms with E-state index in [1.807, 2.05) is 29.8 Å². The minimum absolute atomic E-state index is 0.0265. The second-order valence-electron chi connectivity index (χ2n) is 4.53. The van der Waals surface area contributed by atoms with Gasteiger partial charge in [0.1, 0.15) is 0 Å². The van der Waals surface area contributed by atoms with E-state index in [1.54, 1.807) is 0 Å². The summed E-state index contributed by atoms with van der Waals surface area (Å²) in [6.45, 7) is 4.42. The summed E-state index contributed by atoms with van der Waals surface area (Å²) in [7, 11) is 0. The standard InChI is InChI=1S/C12H17N3O2S/c1-8(6-16)4-13-11(17)3-10-7-18-12-14-9(2)5-15(10)12/h5,7-8,16H,3-4,6H2,1-2H3,(H,13,17). The third-order valence-electron chi connectivity index (χ3n) is 2.70. The van der Waals surface area contributed by atoms with Gasteiger partial charge in [0.2, 0.25) is 5.91 Å². The third kappa shape index (κ3) is 2.88. The molecule has 6 heteroatoms. The molecule has 2 rings (SSSR count). The Kier molecular flexibility index (Phi) is 3.98. The van der Waals surface area contributed by atoms with Gasteiger partial charge in [-0.15, -0.1) is 11.3 Å². The van der Waals surface area contributed by atoms with Crippen molar-refractivity contribution in [3.63, 3.8) is 0 Å². The van der Waals surface area contributed by atoms with Gasteiger partial charge in [-0.05, 0) is 12.8 Å². The van der Waals surface area contributed by atoms with Crippen LogP contribution in [0, 0.1) is 12.8 Å². The second kappa shape index (κ2) is 5.49. The number of thiazole rings is 1. The molecule has 98 valence electrons. The van der Waals surface area contributed by atoms with Gasteiger partial charge < -0.3 is 10.4 Å². The summed E-state index contributed by atoms with van der Waals surface area (Å²) in [4.78, 5) is 17.0. The van der Waals surface area contributed by atoms with Gasteiger partial charge >= 0.3 is 0 Å². The molecular formula is C12H17N3O2S. The molecule has 5 nitrogen and oxygen atoms in total. The molecule has 0 spiro atoms. The van der Waals surface area contributed by atoms with Crippen molar-refractivity contribution in [3.8, 4) is 0 Å². The zero-order valence-electron chi connectivity index (χ0n) is 10.5. The highest BCUT2D eigenvalue weighted by molar-refractivity contribution is 7.15. The summed E-state index contributed by atoms with van der Waals surface area (Å²) in [5, 5.41) is 13.7. The summed E-state index contributed by atoms with van der Waals surface area (Å²) in [6.07, 6.45) is 2.28. The number of hydrogen-bond acceptors (Lipinski definition) is 4. The molecule has 18 heavy (non-hydrogen) atoms. The average Bonchev–Trinajstić information content (AvgIpc) is 2.87. The van der Waals surface area contributed by atoms with Gasteiger partial charge in [-0.25, -0.2) is 4.98 Å². The Balaban J connectivity index is 1.98. The maximum absolute atomic E-state index is 11.8. The fourth-order valence-electron chi connectivity index (χ4n) is 1.65.